The number of amides is 1. The predicted molar refractivity (Wildman–Crippen MR) is 150 cm³/mol. The molecule has 4 rings (SSSR count). The topological polar surface area (TPSA) is 85.4 Å². The molecule has 190 valence electrons. The zero-order valence-corrected chi connectivity index (χ0v) is 22.5. The molecule has 0 saturated heterocycles. The van der Waals surface area contributed by atoms with Crippen molar-refractivity contribution in [1.29, 1.82) is 0 Å². The van der Waals surface area contributed by atoms with Gasteiger partial charge in [0, 0.05) is 17.0 Å². The maximum absolute atomic E-state index is 12.8. The summed E-state index contributed by atoms with van der Waals surface area (Å²) in [6.45, 7) is 4.20. The lowest BCUT2D eigenvalue weighted by molar-refractivity contribution is -0.111. The average molecular weight is 533 g/mol. The second kappa shape index (κ2) is 11.5. The van der Waals surface area contributed by atoms with Crippen LogP contribution in [0.4, 0.5) is 5.13 Å². The summed E-state index contributed by atoms with van der Waals surface area (Å²) >= 11 is 1.34. The zero-order valence-electron chi connectivity index (χ0n) is 20.8. The van der Waals surface area contributed by atoms with Gasteiger partial charge < -0.3 is 4.74 Å². The number of ether oxygens (including phenoxy) is 1. The van der Waals surface area contributed by atoms with E-state index in [0.717, 1.165) is 22.6 Å². The van der Waals surface area contributed by atoms with E-state index in [0.29, 0.717) is 16.6 Å². The van der Waals surface area contributed by atoms with E-state index in [1.807, 2.05) is 53.9 Å². The average Bonchev–Trinajstić information content (AvgIpc) is 3.36. The highest BCUT2D eigenvalue weighted by Gasteiger charge is 2.15. The van der Waals surface area contributed by atoms with Crippen molar-refractivity contribution in [3.8, 4) is 17.0 Å². The van der Waals surface area contributed by atoms with Crippen molar-refractivity contribution in [1.82, 2.24) is 4.98 Å². The zero-order chi connectivity index (χ0) is 26.4. The van der Waals surface area contributed by atoms with Gasteiger partial charge in [0.2, 0.25) is 5.91 Å². The van der Waals surface area contributed by atoms with Gasteiger partial charge in [-0.2, -0.15) is 0 Å². The molecule has 0 aliphatic heterocycles. The fraction of sp³-hybridized carbons (Fsp3) is 0.172. The Kier molecular flexibility index (Phi) is 8.21. The Balaban J connectivity index is 1.35. The smallest absolute Gasteiger partial charge is 0.250 e. The van der Waals surface area contributed by atoms with Gasteiger partial charge in [-0.15, -0.1) is 11.3 Å². The van der Waals surface area contributed by atoms with Crippen molar-refractivity contribution in [3.63, 3.8) is 0 Å². The number of rotatable bonds is 9. The molecule has 0 saturated carbocycles. The number of methoxy groups -OCH3 is 1. The maximum Gasteiger partial charge on any atom is 0.250 e. The number of nitrogens with zero attached hydrogens (tertiary/aromatic N) is 1. The first-order valence-corrected chi connectivity index (χ1v) is 14.3. The number of carbonyl (C=O) groups is 1. The molecule has 3 aromatic carbocycles. The molecule has 0 aliphatic rings. The summed E-state index contributed by atoms with van der Waals surface area (Å²) in [5.74, 6) is 0.776. The minimum atomic E-state index is -3.48. The van der Waals surface area contributed by atoms with Crippen LogP contribution in [0.2, 0.25) is 0 Å². The Hall–Kier alpha value is -3.75. The minimum Gasteiger partial charge on any atom is -0.497 e. The van der Waals surface area contributed by atoms with E-state index in [1.54, 1.807) is 37.5 Å². The molecule has 1 N–H and O–H groups in total. The molecule has 1 amide bonds. The number of carbonyl (C=O) groups excluding carboxylic acids is 1. The van der Waals surface area contributed by atoms with Crippen molar-refractivity contribution in [2.24, 2.45) is 0 Å². The van der Waals surface area contributed by atoms with Crippen LogP contribution in [0.1, 0.15) is 36.5 Å². The highest BCUT2D eigenvalue weighted by Crippen LogP contribution is 2.26. The SMILES string of the molecule is COc1ccc(-c2csc(NC(=O)/C=C\c3ccc(S(=O)(=O)Cc4ccc(C(C)C)cc4)cc3)n2)cc1. The van der Waals surface area contributed by atoms with E-state index >= 15 is 0 Å². The van der Waals surface area contributed by atoms with Crippen LogP contribution >= 0.6 is 11.3 Å². The molecule has 37 heavy (non-hydrogen) atoms. The summed E-state index contributed by atoms with van der Waals surface area (Å²) in [5, 5.41) is 5.12. The van der Waals surface area contributed by atoms with Crippen LogP contribution < -0.4 is 10.1 Å². The van der Waals surface area contributed by atoms with Crippen LogP contribution in [-0.4, -0.2) is 26.4 Å². The number of hydrogen-bond donors (Lipinski definition) is 1. The molecule has 0 unspecified atom stereocenters. The van der Waals surface area contributed by atoms with Gasteiger partial charge in [0.05, 0.1) is 23.5 Å². The molecule has 0 aliphatic carbocycles. The molecular weight excluding hydrogens is 504 g/mol. The first-order chi connectivity index (χ1) is 17.7. The van der Waals surface area contributed by atoms with E-state index in [2.05, 4.69) is 24.1 Å². The molecule has 6 nitrogen and oxygen atoms in total. The van der Waals surface area contributed by atoms with Crippen molar-refractivity contribution in [2.45, 2.75) is 30.4 Å². The Morgan fingerprint density at radius 3 is 2.30 bits per heavy atom. The lowest BCUT2D eigenvalue weighted by atomic mass is 10.0. The van der Waals surface area contributed by atoms with E-state index in [9.17, 15) is 13.2 Å². The highest BCUT2D eigenvalue weighted by molar-refractivity contribution is 7.90. The van der Waals surface area contributed by atoms with Crippen molar-refractivity contribution in [2.75, 3.05) is 12.4 Å². The largest absolute Gasteiger partial charge is 0.497 e. The predicted octanol–water partition coefficient (Wildman–Crippen LogP) is 6.57. The van der Waals surface area contributed by atoms with Crippen LogP contribution in [0.15, 0.2) is 89.1 Å². The van der Waals surface area contributed by atoms with Crippen molar-refractivity contribution < 1.29 is 17.9 Å². The number of hydrogen-bond acceptors (Lipinski definition) is 6. The second-order valence-electron chi connectivity index (χ2n) is 8.81. The molecule has 1 aromatic heterocycles. The summed E-state index contributed by atoms with van der Waals surface area (Å²) in [7, 11) is -1.86. The molecule has 4 aromatic rings. The van der Waals surface area contributed by atoms with Gasteiger partial charge in [-0.25, -0.2) is 13.4 Å². The third kappa shape index (κ3) is 6.93. The fourth-order valence-corrected chi connectivity index (χ4v) is 5.70. The number of benzene rings is 3. The van der Waals surface area contributed by atoms with Gasteiger partial charge >= 0.3 is 0 Å². The van der Waals surface area contributed by atoms with Crippen LogP contribution in [-0.2, 0) is 20.4 Å². The monoisotopic (exact) mass is 532 g/mol. The van der Waals surface area contributed by atoms with Gasteiger partial charge in [-0.3, -0.25) is 10.1 Å². The summed E-state index contributed by atoms with van der Waals surface area (Å²) in [5.41, 5.74) is 4.33. The van der Waals surface area contributed by atoms with Crippen molar-refractivity contribution in [3.05, 3.63) is 101 Å². The lowest BCUT2D eigenvalue weighted by Gasteiger charge is -2.08. The number of nitrogens with one attached hydrogen (secondary N) is 1. The van der Waals surface area contributed by atoms with Crippen molar-refractivity contribution >= 4 is 38.3 Å². The third-order valence-electron chi connectivity index (χ3n) is 5.79. The summed E-state index contributed by atoms with van der Waals surface area (Å²) in [4.78, 5) is 17.1. The van der Waals surface area contributed by atoms with Gasteiger partial charge in [0.15, 0.2) is 15.0 Å². The molecular formula is C29H28N2O4S2. The number of thiazole rings is 1. The number of anilines is 1. The maximum atomic E-state index is 12.8. The lowest BCUT2D eigenvalue weighted by Crippen LogP contribution is -2.07. The number of aromatic nitrogens is 1. The minimum absolute atomic E-state index is 0.0602. The van der Waals surface area contributed by atoms with E-state index < -0.39 is 9.84 Å². The van der Waals surface area contributed by atoms with Gasteiger partial charge in [0.25, 0.3) is 0 Å². The van der Waals surface area contributed by atoms with Crippen LogP contribution in [0.25, 0.3) is 17.3 Å². The first kappa shape index (κ1) is 26.3. The molecule has 0 bridgehead atoms. The van der Waals surface area contributed by atoms with E-state index in [1.165, 1.54) is 23.0 Å². The standard InChI is InChI=1S/C29H28N2O4S2/c1-20(2)23-9-4-22(5-10-23)19-37(33,34)26-15-6-21(7-16-26)8-17-28(32)31-29-30-27(18-36-29)24-11-13-25(35-3)14-12-24/h4-18,20H,19H2,1-3H3,(H,30,31,32)/b17-8-. The van der Waals surface area contributed by atoms with Crippen LogP contribution in [0.3, 0.4) is 0 Å². The molecule has 0 radical (unpaired) electrons. The van der Waals surface area contributed by atoms with E-state index in [-0.39, 0.29) is 16.6 Å². The Labute approximate surface area is 221 Å². The van der Waals surface area contributed by atoms with E-state index in [4.69, 9.17) is 4.74 Å². The van der Waals surface area contributed by atoms with Gasteiger partial charge in [-0.1, -0.05) is 50.2 Å². The normalized spacial score (nSPS) is 11.7. The Morgan fingerprint density at radius 1 is 1.00 bits per heavy atom. The molecule has 0 atom stereocenters. The molecule has 0 fully saturated rings. The third-order valence-corrected chi connectivity index (χ3v) is 8.25. The summed E-state index contributed by atoms with van der Waals surface area (Å²) < 4.78 is 30.9. The Bertz CT molecular complexity index is 1490. The summed E-state index contributed by atoms with van der Waals surface area (Å²) in [6, 6.07) is 21.7. The molecule has 0 spiro atoms. The number of sulfone groups is 1. The fourth-order valence-electron chi connectivity index (χ4n) is 3.63. The molecule has 1 heterocycles. The Morgan fingerprint density at radius 2 is 1.68 bits per heavy atom. The highest BCUT2D eigenvalue weighted by atomic mass is 32.2. The summed E-state index contributed by atoms with van der Waals surface area (Å²) in [6.07, 6.45) is 3.03. The molecule has 8 heteroatoms. The quantitative estimate of drug-likeness (QED) is 0.247. The van der Waals surface area contributed by atoms with Gasteiger partial charge in [0.1, 0.15) is 5.75 Å². The first-order valence-electron chi connectivity index (χ1n) is 11.7. The van der Waals surface area contributed by atoms with Gasteiger partial charge in [-0.05, 0) is 65.1 Å². The van der Waals surface area contributed by atoms with Crippen LogP contribution in [0.5, 0.6) is 5.75 Å². The second-order valence-corrected chi connectivity index (χ2v) is 11.7. The van der Waals surface area contributed by atoms with Crippen LogP contribution in [0, 0.1) is 0 Å².